The first-order valence-corrected chi connectivity index (χ1v) is 8.54. The Morgan fingerprint density at radius 2 is 1.68 bits per heavy atom. The lowest BCUT2D eigenvalue weighted by Gasteiger charge is -2.10. The predicted octanol–water partition coefficient (Wildman–Crippen LogP) is 4.39. The molecule has 0 bridgehead atoms. The predicted molar refractivity (Wildman–Crippen MR) is 99.8 cm³/mol. The molecule has 0 unspecified atom stereocenters. The Morgan fingerprint density at radius 1 is 1.04 bits per heavy atom. The number of hydrogen-bond donors (Lipinski definition) is 1. The fraction of sp³-hybridized carbons (Fsp3) is 0.158. The van der Waals surface area contributed by atoms with Crippen LogP contribution in [0.15, 0.2) is 47.8 Å². The van der Waals surface area contributed by atoms with Gasteiger partial charge in [-0.3, -0.25) is 4.79 Å². The molecule has 0 saturated heterocycles. The first kappa shape index (κ1) is 17.0. The number of nitrogens with zero attached hydrogens (tertiary/aromatic N) is 1. The maximum absolute atomic E-state index is 12.5. The van der Waals surface area contributed by atoms with Crippen molar-refractivity contribution in [2.45, 2.75) is 6.92 Å². The largest absolute Gasteiger partial charge is 0.497 e. The van der Waals surface area contributed by atoms with Crippen molar-refractivity contribution in [1.29, 1.82) is 0 Å². The number of carbonyl (C=O) groups is 1. The standard InChI is InChI=1S/C19H18N2O3S/c1-12-20-18(11-25-12)13-4-6-14(7-5-13)19(22)21-15-8-16(23-2)10-17(9-15)24-3/h4-11H,1-3H3,(H,21,22). The van der Waals surface area contributed by atoms with Gasteiger partial charge in [-0.05, 0) is 19.1 Å². The minimum absolute atomic E-state index is 0.198. The second-order valence-electron chi connectivity index (χ2n) is 5.38. The average molecular weight is 354 g/mol. The molecular weight excluding hydrogens is 336 g/mol. The number of carbonyl (C=O) groups excluding carboxylic acids is 1. The highest BCUT2D eigenvalue weighted by Crippen LogP contribution is 2.26. The number of methoxy groups -OCH3 is 2. The summed E-state index contributed by atoms with van der Waals surface area (Å²) in [6, 6.07) is 12.6. The molecule has 0 radical (unpaired) electrons. The molecule has 2 aromatic carbocycles. The lowest BCUT2D eigenvalue weighted by Crippen LogP contribution is -2.11. The molecule has 0 aliphatic carbocycles. The van der Waals surface area contributed by atoms with E-state index in [9.17, 15) is 4.79 Å². The van der Waals surface area contributed by atoms with E-state index in [-0.39, 0.29) is 5.91 Å². The lowest BCUT2D eigenvalue weighted by atomic mass is 10.1. The molecule has 25 heavy (non-hydrogen) atoms. The number of thiazole rings is 1. The number of amides is 1. The van der Waals surface area contributed by atoms with E-state index in [1.165, 1.54) is 0 Å². The SMILES string of the molecule is COc1cc(NC(=O)c2ccc(-c3csc(C)n3)cc2)cc(OC)c1. The minimum atomic E-state index is -0.198. The van der Waals surface area contributed by atoms with Crippen LogP contribution in [0.2, 0.25) is 0 Å². The zero-order chi connectivity index (χ0) is 17.8. The first-order chi connectivity index (χ1) is 12.1. The van der Waals surface area contributed by atoms with Crippen LogP contribution >= 0.6 is 11.3 Å². The molecule has 0 aliphatic rings. The summed E-state index contributed by atoms with van der Waals surface area (Å²) in [5.74, 6) is 1.03. The molecule has 3 aromatic rings. The van der Waals surface area contributed by atoms with E-state index in [2.05, 4.69) is 10.3 Å². The molecule has 1 aromatic heterocycles. The fourth-order valence-corrected chi connectivity index (χ4v) is 2.99. The van der Waals surface area contributed by atoms with Crippen LogP contribution in [0.3, 0.4) is 0 Å². The van der Waals surface area contributed by atoms with Crippen LogP contribution in [-0.2, 0) is 0 Å². The van der Waals surface area contributed by atoms with Gasteiger partial charge in [0.1, 0.15) is 11.5 Å². The highest BCUT2D eigenvalue weighted by molar-refractivity contribution is 7.09. The topological polar surface area (TPSA) is 60.5 Å². The van der Waals surface area contributed by atoms with Gasteiger partial charge in [0.05, 0.1) is 24.9 Å². The molecule has 1 heterocycles. The van der Waals surface area contributed by atoms with Gasteiger partial charge < -0.3 is 14.8 Å². The van der Waals surface area contributed by atoms with E-state index in [4.69, 9.17) is 9.47 Å². The van der Waals surface area contributed by atoms with Crippen LogP contribution in [-0.4, -0.2) is 25.1 Å². The summed E-state index contributed by atoms with van der Waals surface area (Å²) in [5, 5.41) is 5.88. The molecular formula is C19H18N2O3S. The summed E-state index contributed by atoms with van der Waals surface area (Å²) in [6.45, 7) is 1.97. The van der Waals surface area contributed by atoms with Crippen LogP contribution < -0.4 is 14.8 Å². The molecule has 0 atom stereocenters. The van der Waals surface area contributed by atoms with E-state index in [0.29, 0.717) is 22.7 Å². The van der Waals surface area contributed by atoms with Crippen LogP contribution in [0, 0.1) is 6.92 Å². The van der Waals surface area contributed by atoms with Gasteiger partial charge in [-0.25, -0.2) is 4.98 Å². The molecule has 128 valence electrons. The van der Waals surface area contributed by atoms with Gasteiger partial charge in [-0.15, -0.1) is 11.3 Å². The van der Waals surface area contributed by atoms with Crippen molar-refractivity contribution in [1.82, 2.24) is 4.98 Å². The van der Waals surface area contributed by atoms with Crippen LogP contribution in [0.4, 0.5) is 5.69 Å². The lowest BCUT2D eigenvalue weighted by molar-refractivity contribution is 0.102. The number of anilines is 1. The van der Waals surface area contributed by atoms with Crippen molar-refractivity contribution in [2.24, 2.45) is 0 Å². The Morgan fingerprint density at radius 3 is 2.20 bits per heavy atom. The number of ether oxygens (including phenoxy) is 2. The fourth-order valence-electron chi connectivity index (χ4n) is 2.37. The Hall–Kier alpha value is -2.86. The van der Waals surface area contributed by atoms with Crippen molar-refractivity contribution in [3.63, 3.8) is 0 Å². The summed E-state index contributed by atoms with van der Waals surface area (Å²) in [4.78, 5) is 16.9. The highest BCUT2D eigenvalue weighted by atomic mass is 32.1. The number of hydrogen-bond acceptors (Lipinski definition) is 5. The van der Waals surface area contributed by atoms with Gasteiger partial charge in [-0.1, -0.05) is 12.1 Å². The molecule has 5 nitrogen and oxygen atoms in total. The van der Waals surface area contributed by atoms with Gasteiger partial charge in [0.2, 0.25) is 0 Å². The Balaban J connectivity index is 1.77. The summed E-state index contributed by atoms with van der Waals surface area (Å²) in [5.41, 5.74) is 3.09. The number of aryl methyl sites for hydroxylation is 1. The molecule has 0 spiro atoms. The third-order valence-corrected chi connectivity index (χ3v) is 4.44. The van der Waals surface area contributed by atoms with Crippen molar-refractivity contribution >= 4 is 22.9 Å². The summed E-state index contributed by atoms with van der Waals surface area (Å²) >= 11 is 1.60. The third-order valence-electron chi connectivity index (χ3n) is 3.67. The quantitative estimate of drug-likeness (QED) is 0.738. The first-order valence-electron chi connectivity index (χ1n) is 7.66. The molecule has 0 aliphatic heterocycles. The Labute approximate surface area is 150 Å². The highest BCUT2D eigenvalue weighted by Gasteiger charge is 2.10. The molecule has 0 fully saturated rings. The summed E-state index contributed by atoms with van der Waals surface area (Å²) in [6.07, 6.45) is 0. The van der Waals surface area contributed by atoms with E-state index >= 15 is 0 Å². The number of benzene rings is 2. The van der Waals surface area contributed by atoms with E-state index in [1.807, 2.05) is 24.4 Å². The third kappa shape index (κ3) is 3.97. The maximum Gasteiger partial charge on any atom is 0.255 e. The van der Waals surface area contributed by atoms with Gasteiger partial charge in [0, 0.05) is 40.4 Å². The van der Waals surface area contributed by atoms with E-state index in [0.717, 1.165) is 16.3 Å². The smallest absolute Gasteiger partial charge is 0.255 e. The minimum Gasteiger partial charge on any atom is -0.497 e. The zero-order valence-corrected chi connectivity index (χ0v) is 15.0. The molecule has 1 N–H and O–H groups in total. The monoisotopic (exact) mass is 354 g/mol. The van der Waals surface area contributed by atoms with Crippen molar-refractivity contribution in [3.05, 3.63) is 58.4 Å². The second-order valence-corrected chi connectivity index (χ2v) is 6.45. The van der Waals surface area contributed by atoms with Gasteiger partial charge in [0.15, 0.2) is 0 Å². The molecule has 3 rings (SSSR count). The summed E-state index contributed by atoms with van der Waals surface area (Å²) in [7, 11) is 3.14. The van der Waals surface area contributed by atoms with E-state index < -0.39 is 0 Å². The van der Waals surface area contributed by atoms with Crippen molar-refractivity contribution < 1.29 is 14.3 Å². The van der Waals surface area contributed by atoms with Crippen LogP contribution in [0.1, 0.15) is 15.4 Å². The Kier molecular flexibility index (Phi) is 5.00. The van der Waals surface area contributed by atoms with Crippen molar-refractivity contribution in [3.8, 4) is 22.8 Å². The number of aromatic nitrogens is 1. The Bertz CT molecular complexity index is 866. The van der Waals surface area contributed by atoms with Crippen LogP contribution in [0.25, 0.3) is 11.3 Å². The molecule has 1 amide bonds. The van der Waals surface area contributed by atoms with E-state index in [1.54, 1.807) is 55.9 Å². The van der Waals surface area contributed by atoms with Gasteiger partial charge >= 0.3 is 0 Å². The second kappa shape index (κ2) is 7.36. The maximum atomic E-state index is 12.5. The normalized spacial score (nSPS) is 10.4. The molecule has 6 heteroatoms. The van der Waals surface area contributed by atoms with Crippen molar-refractivity contribution in [2.75, 3.05) is 19.5 Å². The number of rotatable bonds is 5. The molecule has 0 saturated carbocycles. The number of nitrogens with one attached hydrogen (secondary N) is 1. The average Bonchev–Trinajstić information content (AvgIpc) is 3.07. The summed E-state index contributed by atoms with van der Waals surface area (Å²) < 4.78 is 10.4. The zero-order valence-electron chi connectivity index (χ0n) is 14.2. The van der Waals surface area contributed by atoms with Gasteiger partial charge in [0.25, 0.3) is 5.91 Å². The van der Waals surface area contributed by atoms with Gasteiger partial charge in [-0.2, -0.15) is 0 Å². The van der Waals surface area contributed by atoms with Crippen LogP contribution in [0.5, 0.6) is 11.5 Å².